The Labute approximate surface area is 136 Å². The summed E-state index contributed by atoms with van der Waals surface area (Å²) in [6, 6.07) is 7.08. The molecule has 0 saturated heterocycles. The highest BCUT2D eigenvalue weighted by Crippen LogP contribution is 2.34. The van der Waals surface area contributed by atoms with E-state index in [1.807, 2.05) is 11.9 Å². The van der Waals surface area contributed by atoms with Crippen LogP contribution in [0, 0.1) is 5.92 Å². The van der Waals surface area contributed by atoms with Gasteiger partial charge in [-0.15, -0.1) is 0 Å². The maximum absolute atomic E-state index is 12.1. The molecule has 1 unspecified atom stereocenters. The number of nitrogens with one attached hydrogen (secondary N) is 1. The SMILES string of the molecule is CC(C1CC1)N(C)C(=O)CCCNC(=O)c1ccc(Cl)cc1. The van der Waals surface area contributed by atoms with Crippen LogP contribution in [0.5, 0.6) is 0 Å². The van der Waals surface area contributed by atoms with Crippen molar-refractivity contribution in [1.82, 2.24) is 10.2 Å². The largest absolute Gasteiger partial charge is 0.352 e. The molecule has 1 fully saturated rings. The molecule has 2 amide bonds. The topological polar surface area (TPSA) is 49.4 Å². The maximum atomic E-state index is 12.1. The van der Waals surface area contributed by atoms with E-state index in [2.05, 4.69) is 12.2 Å². The van der Waals surface area contributed by atoms with Crippen molar-refractivity contribution in [2.45, 2.75) is 38.6 Å². The second kappa shape index (κ2) is 7.63. The van der Waals surface area contributed by atoms with Crippen LogP contribution in [0.3, 0.4) is 0 Å². The summed E-state index contributed by atoms with van der Waals surface area (Å²) in [7, 11) is 1.87. The Hall–Kier alpha value is -1.55. The summed E-state index contributed by atoms with van der Waals surface area (Å²) in [6.07, 6.45) is 3.58. The molecule has 0 spiro atoms. The zero-order chi connectivity index (χ0) is 16.1. The van der Waals surface area contributed by atoms with Crippen molar-refractivity contribution >= 4 is 23.4 Å². The van der Waals surface area contributed by atoms with Gasteiger partial charge in [-0.2, -0.15) is 0 Å². The van der Waals surface area contributed by atoms with Crippen molar-refractivity contribution in [1.29, 1.82) is 0 Å². The first kappa shape index (κ1) is 16.8. The number of hydrogen-bond acceptors (Lipinski definition) is 2. The minimum Gasteiger partial charge on any atom is -0.352 e. The predicted octanol–water partition coefficient (Wildman–Crippen LogP) is 3.11. The number of hydrogen-bond donors (Lipinski definition) is 1. The summed E-state index contributed by atoms with van der Waals surface area (Å²) in [5, 5.41) is 3.43. The van der Waals surface area contributed by atoms with Crippen LogP contribution in [-0.4, -0.2) is 36.3 Å². The van der Waals surface area contributed by atoms with Crippen molar-refractivity contribution in [3.8, 4) is 0 Å². The van der Waals surface area contributed by atoms with Gasteiger partial charge in [0, 0.05) is 36.6 Å². The maximum Gasteiger partial charge on any atom is 0.251 e. The summed E-state index contributed by atoms with van der Waals surface area (Å²) in [5.74, 6) is 0.697. The van der Waals surface area contributed by atoms with Gasteiger partial charge in [0.05, 0.1) is 0 Å². The Morgan fingerprint density at radius 1 is 1.32 bits per heavy atom. The van der Waals surface area contributed by atoms with Gasteiger partial charge in [0.15, 0.2) is 0 Å². The lowest BCUT2D eigenvalue weighted by atomic mass is 10.1. The Balaban J connectivity index is 1.66. The Morgan fingerprint density at radius 2 is 1.95 bits per heavy atom. The van der Waals surface area contributed by atoms with Crippen LogP contribution < -0.4 is 5.32 Å². The molecule has 2 rings (SSSR count). The second-order valence-electron chi connectivity index (χ2n) is 5.95. The molecular formula is C17H23ClN2O2. The van der Waals surface area contributed by atoms with E-state index in [1.54, 1.807) is 24.3 Å². The molecule has 1 aliphatic rings. The number of rotatable bonds is 7. The number of benzene rings is 1. The van der Waals surface area contributed by atoms with Crippen molar-refractivity contribution in [3.05, 3.63) is 34.9 Å². The molecule has 0 aliphatic heterocycles. The minimum atomic E-state index is -0.135. The third-order valence-electron chi connectivity index (χ3n) is 4.27. The summed E-state index contributed by atoms with van der Waals surface area (Å²) >= 11 is 5.79. The van der Waals surface area contributed by atoms with Crippen LogP contribution in [0.2, 0.25) is 5.02 Å². The van der Waals surface area contributed by atoms with E-state index in [-0.39, 0.29) is 11.8 Å². The Kier molecular flexibility index (Phi) is 5.83. The van der Waals surface area contributed by atoms with E-state index >= 15 is 0 Å². The number of amides is 2. The highest BCUT2D eigenvalue weighted by atomic mass is 35.5. The molecule has 0 heterocycles. The number of nitrogens with zero attached hydrogens (tertiary/aromatic N) is 1. The van der Waals surface area contributed by atoms with Gasteiger partial charge in [-0.3, -0.25) is 9.59 Å². The van der Waals surface area contributed by atoms with Crippen LogP contribution in [0.15, 0.2) is 24.3 Å². The lowest BCUT2D eigenvalue weighted by molar-refractivity contribution is -0.132. The Bertz CT molecular complexity index is 526. The molecule has 5 heteroatoms. The van der Waals surface area contributed by atoms with Gasteiger partial charge in [0.1, 0.15) is 0 Å². The van der Waals surface area contributed by atoms with Crippen LogP contribution >= 0.6 is 11.6 Å². The van der Waals surface area contributed by atoms with Crippen molar-refractivity contribution in [2.24, 2.45) is 5.92 Å². The fourth-order valence-corrected chi connectivity index (χ4v) is 2.57. The third kappa shape index (κ3) is 4.73. The summed E-state index contributed by atoms with van der Waals surface area (Å²) < 4.78 is 0. The van der Waals surface area contributed by atoms with Crippen LogP contribution in [0.25, 0.3) is 0 Å². The Morgan fingerprint density at radius 3 is 2.55 bits per heavy atom. The van der Waals surface area contributed by atoms with Crippen LogP contribution in [0.4, 0.5) is 0 Å². The third-order valence-corrected chi connectivity index (χ3v) is 4.52. The smallest absolute Gasteiger partial charge is 0.251 e. The van der Waals surface area contributed by atoms with Crippen LogP contribution in [0.1, 0.15) is 43.0 Å². The van der Waals surface area contributed by atoms with Crippen molar-refractivity contribution in [3.63, 3.8) is 0 Å². The molecule has 0 radical (unpaired) electrons. The second-order valence-corrected chi connectivity index (χ2v) is 6.39. The predicted molar refractivity (Wildman–Crippen MR) is 88.0 cm³/mol. The normalized spacial score (nSPS) is 15.2. The van der Waals surface area contributed by atoms with Gasteiger partial charge in [0.2, 0.25) is 5.91 Å². The summed E-state index contributed by atoms with van der Waals surface area (Å²) in [6.45, 7) is 2.61. The molecule has 1 atom stereocenters. The molecule has 1 aromatic rings. The molecule has 4 nitrogen and oxygen atoms in total. The van der Waals surface area contributed by atoms with E-state index in [4.69, 9.17) is 11.6 Å². The van der Waals surface area contributed by atoms with Gasteiger partial charge in [-0.05, 0) is 56.4 Å². The molecule has 0 bridgehead atoms. The van der Waals surface area contributed by atoms with E-state index in [0.29, 0.717) is 41.9 Å². The fraction of sp³-hybridized carbons (Fsp3) is 0.529. The standard InChI is InChI=1S/C17H23ClN2O2/c1-12(13-5-6-13)20(2)16(21)4-3-11-19-17(22)14-7-9-15(18)10-8-14/h7-10,12-13H,3-6,11H2,1-2H3,(H,19,22). The average Bonchev–Trinajstić information content (AvgIpc) is 3.35. The first-order valence-corrected chi connectivity index (χ1v) is 8.16. The van der Waals surface area contributed by atoms with E-state index in [1.165, 1.54) is 12.8 Å². The molecular weight excluding hydrogens is 300 g/mol. The lowest BCUT2D eigenvalue weighted by Gasteiger charge is -2.24. The van der Waals surface area contributed by atoms with Gasteiger partial charge in [0.25, 0.3) is 5.91 Å². The highest BCUT2D eigenvalue weighted by Gasteiger charge is 2.32. The molecule has 1 N–H and O–H groups in total. The summed E-state index contributed by atoms with van der Waals surface area (Å²) in [5.41, 5.74) is 0.579. The van der Waals surface area contributed by atoms with Crippen LogP contribution in [-0.2, 0) is 4.79 Å². The first-order valence-electron chi connectivity index (χ1n) is 7.78. The van der Waals surface area contributed by atoms with E-state index < -0.39 is 0 Å². The van der Waals surface area contributed by atoms with Crippen molar-refractivity contribution in [2.75, 3.05) is 13.6 Å². The molecule has 1 aromatic carbocycles. The molecule has 0 aromatic heterocycles. The molecule has 120 valence electrons. The zero-order valence-electron chi connectivity index (χ0n) is 13.1. The summed E-state index contributed by atoms with van der Waals surface area (Å²) in [4.78, 5) is 25.8. The molecule has 1 saturated carbocycles. The van der Waals surface area contributed by atoms with Gasteiger partial charge in [-0.1, -0.05) is 11.6 Å². The number of carbonyl (C=O) groups is 2. The van der Waals surface area contributed by atoms with Gasteiger partial charge >= 0.3 is 0 Å². The fourth-order valence-electron chi connectivity index (χ4n) is 2.44. The lowest BCUT2D eigenvalue weighted by Crippen LogP contribution is -2.36. The first-order chi connectivity index (χ1) is 10.5. The number of halogens is 1. The monoisotopic (exact) mass is 322 g/mol. The van der Waals surface area contributed by atoms with E-state index in [0.717, 1.165) is 0 Å². The minimum absolute atomic E-state index is 0.135. The molecule has 22 heavy (non-hydrogen) atoms. The molecule has 1 aliphatic carbocycles. The van der Waals surface area contributed by atoms with Gasteiger partial charge in [-0.25, -0.2) is 0 Å². The quantitative estimate of drug-likeness (QED) is 0.784. The zero-order valence-corrected chi connectivity index (χ0v) is 13.9. The average molecular weight is 323 g/mol. The number of carbonyl (C=O) groups excluding carboxylic acids is 2. The highest BCUT2D eigenvalue weighted by molar-refractivity contribution is 6.30. The van der Waals surface area contributed by atoms with Crippen molar-refractivity contribution < 1.29 is 9.59 Å². The van der Waals surface area contributed by atoms with Gasteiger partial charge < -0.3 is 10.2 Å². The van der Waals surface area contributed by atoms with E-state index in [9.17, 15) is 9.59 Å².